The van der Waals surface area contributed by atoms with Gasteiger partial charge < -0.3 is 14.2 Å². The van der Waals surface area contributed by atoms with E-state index < -0.39 is 17.7 Å². The van der Waals surface area contributed by atoms with Crippen LogP contribution in [-0.2, 0) is 9.59 Å². The number of pyridine rings is 1. The summed E-state index contributed by atoms with van der Waals surface area (Å²) in [6.45, 7) is 10.1. The van der Waals surface area contributed by atoms with Crippen LogP contribution in [0.15, 0.2) is 60.3 Å². The van der Waals surface area contributed by atoms with Crippen LogP contribution in [0.25, 0.3) is 21.6 Å². The fourth-order valence-corrected chi connectivity index (χ4v) is 6.59. The van der Waals surface area contributed by atoms with Crippen molar-refractivity contribution in [3.05, 3.63) is 93.9 Å². The molecular weight excluding hydrogens is 524 g/mol. The second kappa shape index (κ2) is 9.60. The summed E-state index contributed by atoms with van der Waals surface area (Å²) < 4.78 is 8.52. The fraction of sp³-hybridized carbons (Fsp3) is 0.226. The molecule has 9 heteroatoms. The number of amides is 1. The summed E-state index contributed by atoms with van der Waals surface area (Å²) in [7, 11) is 0. The molecule has 0 saturated carbocycles. The SMILES string of the molecule is CCOc1cccc(C2/C(=C(\O)c3nc4c(C)cccn4c3C)C(=O)C(=O)N2c2nc3c(C)cc(C)cc3s2)c1. The first-order chi connectivity index (χ1) is 19.2. The van der Waals surface area contributed by atoms with Crippen molar-refractivity contribution in [3.63, 3.8) is 0 Å². The number of aliphatic hydroxyl groups is 1. The number of ketones is 1. The average Bonchev–Trinajstić information content (AvgIpc) is 3.57. The molecule has 0 aliphatic carbocycles. The number of carbonyl (C=O) groups is 2. The Morgan fingerprint density at radius 1 is 1.02 bits per heavy atom. The van der Waals surface area contributed by atoms with Gasteiger partial charge in [0.2, 0.25) is 0 Å². The van der Waals surface area contributed by atoms with Gasteiger partial charge in [-0.1, -0.05) is 35.6 Å². The zero-order chi connectivity index (χ0) is 28.3. The summed E-state index contributed by atoms with van der Waals surface area (Å²) in [6, 6.07) is 14.2. The van der Waals surface area contributed by atoms with Gasteiger partial charge in [-0.3, -0.25) is 14.5 Å². The van der Waals surface area contributed by atoms with Gasteiger partial charge in [-0.25, -0.2) is 9.97 Å². The number of thiazole rings is 1. The number of hydrogen-bond donors (Lipinski definition) is 1. The first-order valence-corrected chi connectivity index (χ1v) is 13.9. The van der Waals surface area contributed by atoms with Gasteiger partial charge in [0, 0.05) is 6.20 Å². The number of fused-ring (bicyclic) bond motifs is 2. The first-order valence-electron chi connectivity index (χ1n) is 13.1. The number of Topliss-reactive ketones (excluding diaryl/α,β-unsaturated/α-hetero) is 1. The lowest BCUT2D eigenvalue weighted by Gasteiger charge is -2.23. The van der Waals surface area contributed by atoms with E-state index in [1.54, 1.807) is 6.07 Å². The Balaban J connectivity index is 1.61. The van der Waals surface area contributed by atoms with Crippen LogP contribution in [-0.4, -0.2) is 37.8 Å². The second-order valence-electron chi connectivity index (χ2n) is 10.0. The molecule has 5 aromatic rings. The highest BCUT2D eigenvalue weighted by molar-refractivity contribution is 7.22. The lowest BCUT2D eigenvalue weighted by molar-refractivity contribution is -0.132. The summed E-state index contributed by atoms with van der Waals surface area (Å²) in [4.78, 5) is 38.3. The smallest absolute Gasteiger partial charge is 0.301 e. The Hall–Kier alpha value is -4.50. The van der Waals surface area contributed by atoms with Crippen molar-refractivity contribution in [1.82, 2.24) is 14.4 Å². The van der Waals surface area contributed by atoms with E-state index in [2.05, 4.69) is 4.98 Å². The van der Waals surface area contributed by atoms with E-state index in [1.165, 1.54) is 16.2 Å². The van der Waals surface area contributed by atoms with Crippen LogP contribution in [0.2, 0.25) is 0 Å². The molecule has 6 rings (SSSR count). The zero-order valence-electron chi connectivity index (χ0n) is 22.8. The normalized spacial score (nSPS) is 16.9. The zero-order valence-corrected chi connectivity index (χ0v) is 23.7. The van der Waals surface area contributed by atoms with Crippen molar-refractivity contribution >= 4 is 49.8 Å². The molecule has 0 radical (unpaired) electrons. The molecular formula is C31H28N4O4S. The predicted octanol–water partition coefficient (Wildman–Crippen LogP) is 6.20. The van der Waals surface area contributed by atoms with E-state index in [1.807, 2.05) is 87.7 Å². The van der Waals surface area contributed by atoms with Crippen LogP contribution in [0.1, 0.15) is 46.6 Å². The van der Waals surface area contributed by atoms with Crippen LogP contribution in [0.5, 0.6) is 5.75 Å². The summed E-state index contributed by atoms with van der Waals surface area (Å²) in [6.07, 6.45) is 1.86. The number of anilines is 1. The molecule has 1 aliphatic heterocycles. The number of ether oxygens (including phenoxy) is 1. The number of rotatable bonds is 5. The van der Waals surface area contributed by atoms with Crippen molar-refractivity contribution in [3.8, 4) is 5.75 Å². The summed E-state index contributed by atoms with van der Waals surface area (Å²) in [5.74, 6) is -1.26. The largest absolute Gasteiger partial charge is 0.505 e. The maximum Gasteiger partial charge on any atom is 0.301 e. The van der Waals surface area contributed by atoms with Crippen molar-refractivity contribution in [2.75, 3.05) is 11.5 Å². The number of aliphatic hydroxyl groups excluding tert-OH is 1. The maximum atomic E-state index is 13.7. The molecule has 8 nitrogen and oxygen atoms in total. The number of aryl methyl sites for hydroxylation is 4. The molecule has 1 amide bonds. The van der Waals surface area contributed by atoms with Gasteiger partial charge in [0.05, 0.1) is 34.1 Å². The lowest BCUT2D eigenvalue weighted by atomic mass is 9.96. The van der Waals surface area contributed by atoms with E-state index in [0.29, 0.717) is 34.4 Å². The Kier molecular flexibility index (Phi) is 6.18. The van der Waals surface area contributed by atoms with Crippen LogP contribution in [0.3, 0.4) is 0 Å². The Labute approximate surface area is 235 Å². The second-order valence-corrected chi connectivity index (χ2v) is 11.0. The molecule has 1 atom stereocenters. The van der Waals surface area contributed by atoms with Gasteiger partial charge in [0.1, 0.15) is 17.1 Å². The van der Waals surface area contributed by atoms with Crippen molar-refractivity contribution in [1.29, 1.82) is 0 Å². The van der Waals surface area contributed by atoms with Gasteiger partial charge in [0.25, 0.3) is 5.78 Å². The molecule has 0 spiro atoms. The molecule has 1 saturated heterocycles. The highest BCUT2D eigenvalue weighted by Crippen LogP contribution is 2.45. The topological polar surface area (TPSA) is 97.0 Å². The molecule has 202 valence electrons. The Morgan fingerprint density at radius 2 is 1.82 bits per heavy atom. The average molecular weight is 553 g/mol. The van der Waals surface area contributed by atoms with Gasteiger partial charge in [-0.15, -0.1) is 0 Å². The highest BCUT2D eigenvalue weighted by atomic mass is 32.1. The minimum Gasteiger partial charge on any atom is -0.505 e. The van der Waals surface area contributed by atoms with Crippen molar-refractivity contribution in [2.45, 2.75) is 40.7 Å². The van der Waals surface area contributed by atoms with E-state index in [9.17, 15) is 14.7 Å². The number of aromatic nitrogens is 3. The molecule has 1 unspecified atom stereocenters. The van der Waals surface area contributed by atoms with E-state index in [0.717, 1.165) is 26.9 Å². The van der Waals surface area contributed by atoms with Gasteiger partial charge in [-0.05, 0) is 81.1 Å². The van der Waals surface area contributed by atoms with E-state index in [-0.39, 0.29) is 17.0 Å². The van der Waals surface area contributed by atoms with Crippen molar-refractivity contribution in [2.24, 2.45) is 0 Å². The maximum absolute atomic E-state index is 13.7. The molecule has 40 heavy (non-hydrogen) atoms. The van der Waals surface area contributed by atoms with Gasteiger partial charge in [-0.2, -0.15) is 0 Å². The lowest BCUT2D eigenvalue weighted by Crippen LogP contribution is -2.29. The number of hydrogen-bond acceptors (Lipinski definition) is 7. The van der Waals surface area contributed by atoms with Gasteiger partial charge in [0.15, 0.2) is 10.9 Å². The molecule has 2 aromatic carbocycles. The summed E-state index contributed by atoms with van der Waals surface area (Å²) in [5, 5.41) is 12.1. The highest BCUT2D eigenvalue weighted by Gasteiger charge is 2.48. The monoisotopic (exact) mass is 552 g/mol. The van der Waals surface area contributed by atoms with Crippen LogP contribution < -0.4 is 9.64 Å². The minimum absolute atomic E-state index is 0.0324. The fourth-order valence-electron chi connectivity index (χ4n) is 5.42. The summed E-state index contributed by atoms with van der Waals surface area (Å²) in [5.41, 5.74) is 5.95. The van der Waals surface area contributed by atoms with E-state index in [4.69, 9.17) is 9.72 Å². The summed E-state index contributed by atoms with van der Waals surface area (Å²) >= 11 is 1.35. The third-order valence-electron chi connectivity index (χ3n) is 7.26. The standard InChI is InChI=1S/C31H28N4O4S/c1-6-39-21-11-7-10-20(15-21)26-23(27(36)25-19(5)34-12-8-9-17(3)29(34)32-25)28(37)30(38)35(26)31-33-24-18(4)13-16(2)14-22(24)40-31/h7-15,26,36H,6H2,1-5H3/b27-23+. The number of benzene rings is 2. The van der Waals surface area contributed by atoms with Crippen LogP contribution in [0.4, 0.5) is 5.13 Å². The third-order valence-corrected chi connectivity index (χ3v) is 8.26. The number of nitrogens with zero attached hydrogens (tertiary/aromatic N) is 4. The van der Waals surface area contributed by atoms with Crippen molar-refractivity contribution < 1.29 is 19.4 Å². The molecule has 1 aliphatic rings. The van der Waals surface area contributed by atoms with Crippen LogP contribution in [0, 0.1) is 27.7 Å². The third kappa shape index (κ3) is 3.96. The predicted molar refractivity (Wildman–Crippen MR) is 156 cm³/mol. The van der Waals surface area contributed by atoms with Crippen LogP contribution >= 0.6 is 11.3 Å². The molecule has 3 aromatic heterocycles. The quantitative estimate of drug-likeness (QED) is 0.158. The Morgan fingerprint density at radius 3 is 2.58 bits per heavy atom. The molecule has 4 heterocycles. The molecule has 0 bridgehead atoms. The van der Waals surface area contributed by atoms with Gasteiger partial charge >= 0.3 is 5.91 Å². The minimum atomic E-state index is -0.923. The van der Waals surface area contributed by atoms with E-state index >= 15 is 0 Å². The first kappa shape index (κ1) is 25.8. The molecule has 1 N–H and O–H groups in total. The number of imidazole rings is 1. The number of carbonyl (C=O) groups excluding carboxylic acids is 2. The Bertz CT molecular complexity index is 1880. The molecule has 1 fully saturated rings.